The van der Waals surface area contributed by atoms with Gasteiger partial charge in [-0.25, -0.2) is 0 Å². The Morgan fingerprint density at radius 2 is 1.54 bits per heavy atom. The highest BCUT2D eigenvalue weighted by atomic mass is 32.1. The first-order valence-electron chi connectivity index (χ1n) is 9.00. The number of esters is 2. The van der Waals surface area contributed by atoms with Gasteiger partial charge in [0, 0.05) is 18.6 Å². The van der Waals surface area contributed by atoms with Crippen LogP contribution >= 0.6 is 12.6 Å². The molecule has 11 heteroatoms. The Bertz CT molecular complexity index is 462. The maximum atomic E-state index is 11.8. The van der Waals surface area contributed by atoms with E-state index in [1.807, 2.05) is 13.8 Å². The Morgan fingerprint density at radius 1 is 1.04 bits per heavy atom. The zero-order valence-electron chi connectivity index (χ0n) is 17.0. The molecule has 0 aromatic heterocycles. The highest BCUT2D eigenvalue weighted by Gasteiger charge is 2.20. The quantitative estimate of drug-likeness (QED) is 0.206. The van der Waals surface area contributed by atoms with Crippen LogP contribution in [0.5, 0.6) is 0 Å². The fourth-order valence-corrected chi connectivity index (χ4v) is 1.84. The average molecular weight is 424 g/mol. The number of rotatable bonds is 11. The maximum absolute atomic E-state index is 11.8. The molecular weight excluding hydrogens is 390 g/mol. The molecule has 10 nitrogen and oxygen atoms in total. The number of carbonyl (C=O) groups is 5. The number of nitrogens with two attached hydrogens (primary N) is 1. The van der Waals surface area contributed by atoms with E-state index in [2.05, 4.69) is 33.7 Å². The summed E-state index contributed by atoms with van der Waals surface area (Å²) < 4.78 is 9.43. The molecule has 0 aliphatic heterocycles. The summed E-state index contributed by atoms with van der Waals surface area (Å²) in [7, 11) is 0. The monoisotopic (exact) mass is 423 g/mol. The highest BCUT2D eigenvalue weighted by Crippen LogP contribution is 1.99. The van der Waals surface area contributed by atoms with Gasteiger partial charge >= 0.3 is 11.9 Å². The summed E-state index contributed by atoms with van der Waals surface area (Å²) >= 11 is 4.00. The van der Waals surface area contributed by atoms with Gasteiger partial charge in [-0.3, -0.25) is 24.0 Å². The third-order valence-corrected chi connectivity index (χ3v) is 3.00. The largest absolute Gasteiger partial charge is 0.466 e. The molecule has 0 saturated carbocycles. The third kappa shape index (κ3) is 20.0. The van der Waals surface area contributed by atoms with Gasteiger partial charge in [-0.15, -0.1) is 0 Å². The van der Waals surface area contributed by atoms with Crippen molar-refractivity contribution in [3.63, 3.8) is 0 Å². The van der Waals surface area contributed by atoms with E-state index in [4.69, 9.17) is 9.53 Å². The Balaban J connectivity index is -0.00000113. The van der Waals surface area contributed by atoms with Gasteiger partial charge in [0.15, 0.2) is 0 Å². The van der Waals surface area contributed by atoms with E-state index in [1.54, 1.807) is 13.8 Å². The van der Waals surface area contributed by atoms with E-state index in [-0.39, 0.29) is 50.0 Å². The number of nitrogens with one attached hydrogen (secondary N) is 2. The van der Waals surface area contributed by atoms with Crippen molar-refractivity contribution < 1.29 is 33.4 Å². The minimum Gasteiger partial charge on any atom is -0.466 e. The minimum absolute atomic E-state index is 0.0816. The molecule has 0 spiro atoms. The van der Waals surface area contributed by atoms with Crippen molar-refractivity contribution in [1.29, 1.82) is 0 Å². The summed E-state index contributed by atoms with van der Waals surface area (Å²) in [4.78, 5) is 54.4. The zero-order chi connectivity index (χ0) is 22.4. The standard InChI is InChI=1S/C14H24N2O6S.C2H6.CH3NO/c1-3-21-12(18)7-5-6-11(17)16-10(9-23)14(20)15-8-13(19)22-4-2;1-2;2-1-3/h10,23H,3-9H2,1-2H3,(H,15,20)(H,16,17);1-2H3;1H,(H2,2,3). The SMILES string of the molecule is CC.CCOC(=O)CCCC(=O)NC(CS)C(=O)NCC(=O)OCC.NC=O. The molecule has 0 aliphatic carbocycles. The van der Waals surface area contributed by atoms with Crippen LogP contribution in [0.1, 0.15) is 47.0 Å². The molecule has 0 rings (SSSR count). The lowest BCUT2D eigenvalue weighted by Gasteiger charge is -2.16. The third-order valence-electron chi connectivity index (χ3n) is 2.64. The maximum Gasteiger partial charge on any atom is 0.325 e. The molecule has 0 aromatic carbocycles. The van der Waals surface area contributed by atoms with E-state index in [0.717, 1.165) is 0 Å². The summed E-state index contributed by atoms with van der Waals surface area (Å²) in [5, 5.41) is 4.86. The summed E-state index contributed by atoms with van der Waals surface area (Å²) in [6.45, 7) is 7.62. The molecule has 0 fully saturated rings. The molecule has 0 aliphatic rings. The second-order valence-corrected chi connectivity index (χ2v) is 4.99. The predicted molar refractivity (Wildman–Crippen MR) is 108 cm³/mol. The van der Waals surface area contributed by atoms with Crippen LogP contribution in [-0.4, -0.2) is 61.7 Å². The first-order chi connectivity index (χ1) is 13.4. The van der Waals surface area contributed by atoms with Gasteiger partial charge < -0.3 is 25.8 Å². The van der Waals surface area contributed by atoms with Crippen molar-refractivity contribution >= 4 is 42.8 Å². The first-order valence-corrected chi connectivity index (χ1v) is 9.63. The number of thiol groups is 1. The smallest absolute Gasteiger partial charge is 0.325 e. The van der Waals surface area contributed by atoms with E-state index < -0.39 is 17.9 Å². The van der Waals surface area contributed by atoms with E-state index in [9.17, 15) is 19.2 Å². The van der Waals surface area contributed by atoms with Crippen LogP contribution in [0.15, 0.2) is 0 Å². The lowest BCUT2D eigenvalue weighted by molar-refractivity contribution is -0.144. The normalized spacial score (nSPS) is 9.89. The zero-order valence-corrected chi connectivity index (χ0v) is 17.9. The van der Waals surface area contributed by atoms with Gasteiger partial charge in [0.1, 0.15) is 12.6 Å². The van der Waals surface area contributed by atoms with Crippen molar-refractivity contribution in [3.05, 3.63) is 0 Å². The van der Waals surface area contributed by atoms with E-state index in [0.29, 0.717) is 13.0 Å². The predicted octanol–water partition coefficient (Wildman–Crippen LogP) is -0.0586. The molecule has 0 saturated heterocycles. The van der Waals surface area contributed by atoms with Crippen LogP contribution in [0.4, 0.5) is 0 Å². The van der Waals surface area contributed by atoms with Crippen LogP contribution < -0.4 is 16.4 Å². The number of hydrogen-bond donors (Lipinski definition) is 4. The molecule has 0 radical (unpaired) electrons. The summed E-state index contributed by atoms with van der Waals surface area (Å²) in [6, 6.07) is -0.858. The number of ether oxygens (including phenoxy) is 2. The van der Waals surface area contributed by atoms with E-state index in [1.165, 1.54) is 0 Å². The van der Waals surface area contributed by atoms with Crippen molar-refractivity contribution in [2.75, 3.05) is 25.5 Å². The van der Waals surface area contributed by atoms with Crippen LogP contribution in [0.3, 0.4) is 0 Å². The van der Waals surface area contributed by atoms with Crippen molar-refractivity contribution in [1.82, 2.24) is 10.6 Å². The summed E-state index contributed by atoms with van der Waals surface area (Å²) in [6.07, 6.45) is 0.810. The number of carbonyl (C=O) groups excluding carboxylic acids is 5. The molecule has 0 bridgehead atoms. The Labute approximate surface area is 171 Å². The van der Waals surface area contributed by atoms with Gasteiger partial charge in [0.25, 0.3) is 0 Å². The Kier molecular flexibility index (Phi) is 24.7. The fraction of sp³-hybridized carbons (Fsp3) is 0.706. The van der Waals surface area contributed by atoms with Crippen molar-refractivity contribution in [2.45, 2.75) is 53.0 Å². The second kappa shape index (κ2) is 22.7. The summed E-state index contributed by atoms with van der Waals surface area (Å²) in [5.74, 6) is -1.73. The first kappa shape index (κ1) is 30.4. The van der Waals surface area contributed by atoms with Crippen LogP contribution in [-0.2, 0) is 33.4 Å². The second-order valence-electron chi connectivity index (χ2n) is 4.62. The molecule has 1 atom stereocenters. The minimum atomic E-state index is -0.858. The number of primary amides is 1. The van der Waals surface area contributed by atoms with Gasteiger partial charge in [0.2, 0.25) is 18.2 Å². The summed E-state index contributed by atoms with van der Waals surface area (Å²) in [5.41, 5.74) is 4.17. The topological polar surface area (TPSA) is 154 Å². The molecular formula is C17H33N3O7S. The number of amides is 3. The molecule has 0 heterocycles. The molecule has 1 unspecified atom stereocenters. The fourth-order valence-electron chi connectivity index (χ4n) is 1.58. The van der Waals surface area contributed by atoms with E-state index >= 15 is 0 Å². The lowest BCUT2D eigenvalue weighted by atomic mass is 10.2. The average Bonchev–Trinajstić information content (AvgIpc) is 2.67. The Morgan fingerprint density at radius 3 is 2.00 bits per heavy atom. The molecule has 28 heavy (non-hydrogen) atoms. The van der Waals surface area contributed by atoms with Gasteiger partial charge in [-0.05, 0) is 20.3 Å². The number of hydrogen-bond acceptors (Lipinski definition) is 8. The van der Waals surface area contributed by atoms with Crippen LogP contribution in [0.2, 0.25) is 0 Å². The molecule has 0 aromatic rings. The van der Waals surface area contributed by atoms with Gasteiger partial charge in [-0.2, -0.15) is 12.6 Å². The van der Waals surface area contributed by atoms with Crippen LogP contribution in [0.25, 0.3) is 0 Å². The van der Waals surface area contributed by atoms with Gasteiger partial charge in [-0.1, -0.05) is 13.8 Å². The Hall–Kier alpha value is -2.30. The van der Waals surface area contributed by atoms with Gasteiger partial charge in [0.05, 0.1) is 13.2 Å². The van der Waals surface area contributed by atoms with Crippen molar-refractivity contribution in [3.8, 4) is 0 Å². The molecule has 4 N–H and O–H groups in total. The van der Waals surface area contributed by atoms with Crippen LogP contribution in [0, 0.1) is 0 Å². The van der Waals surface area contributed by atoms with Crippen molar-refractivity contribution in [2.24, 2.45) is 5.73 Å². The lowest BCUT2D eigenvalue weighted by Crippen LogP contribution is -2.49. The molecule has 164 valence electrons. The molecule has 3 amide bonds. The highest BCUT2D eigenvalue weighted by molar-refractivity contribution is 7.80.